The summed E-state index contributed by atoms with van der Waals surface area (Å²) in [6.45, 7) is 24.7. The molecule has 2 atom stereocenters. The molecule has 0 spiro atoms. The van der Waals surface area contributed by atoms with Crippen molar-refractivity contribution in [3.63, 3.8) is 0 Å². The van der Waals surface area contributed by atoms with Crippen LogP contribution in [0.5, 0.6) is 0 Å². The number of rotatable bonds is 3. The van der Waals surface area contributed by atoms with Gasteiger partial charge in [0.2, 0.25) is 0 Å². The van der Waals surface area contributed by atoms with Crippen molar-refractivity contribution < 1.29 is 8.78 Å². The molecule has 2 aromatic carbocycles. The van der Waals surface area contributed by atoms with E-state index in [1.165, 1.54) is 36.4 Å². The molecule has 0 aliphatic carbocycles. The number of nitrogens with one attached hydrogen (secondary N) is 1. The molecule has 2 aliphatic heterocycles. The molecule has 0 amide bonds. The largest absolute Gasteiger partial charge is 0.372 e. The van der Waals surface area contributed by atoms with E-state index in [4.69, 9.17) is 23.7 Å². The Kier molecular flexibility index (Phi) is 10.0. The number of nitriles is 4. The monoisotopic (exact) mass is 584 g/mol. The van der Waals surface area contributed by atoms with Crippen molar-refractivity contribution in [1.29, 1.82) is 21.0 Å². The average Bonchev–Trinajstić information content (AvgIpc) is 3.01. The van der Waals surface area contributed by atoms with E-state index in [-0.39, 0.29) is 11.1 Å². The Bertz CT molecular complexity index is 1850. The zero-order valence-electron chi connectivity index (χ0n) is 24.7. The Morgan fingerprint density at radius 3 is 1.61 bits per heavy atom. The van der Waals surface area contributed by atoms with Gasteiger partial charge in [0, 0.05) is 29.3 Å². The molecule has 10 heteroatoms. The van der Waals surface area contributed by atoms with Crippen LogP contribution in [0.15, 0.2) is 81.7 Å². The predicted octanol–water partition coefficient (Wildman–Crippen LogP) is 7.40. The maximum Gasteiger partial charge on any atom is 0.196 e. The van der Waals surface area contributed by atoms with Crippen molar-refractivity contribution in [1.82, 2.24) is 10.2 Å². The average molecular weight is 585 g/mol. The number of hydrogen-bond acceptors (Lipinski definition) is 6. The van der Waals surface area contributed by atoms with Crippen LogP contribution in [0.1, 0.15) is 68.7 Å². The summed E-state index contributed by atoms with van der Waals surface area (Å²) in [5.41, 5.74) is 5.54. The van der Waals surface area contributed by atoms with Crippen LogP contribution >= 0.6 is 0 Å². The molecule has 2 heterocycles. The van der Waals surface area contributed by atoms with E-state index in [0.717, 1.165) is 11.4 Å². The summed E-state index contributed by atoms with van der Waals surface area (Å²) in [5, 5.41) is 39.9. The minimum absolute atomic E-state index is 0.0858. The number of dihydropyridines is 1. The molecule has 1 N–H and O–H groups in total. The summed E-state index contributed by atoms with van der Waals surface area (Å²) < 4.78 is 27.0. The van der Waals surface area contributed by atoms with Gasteiger partial charge in [0.15, 0.2) is 11.4 Å². The molecule has 0 radical (unpaired) electrons. The van der Waals surface area contributed by atoms with Crippen LogP contribution in [0.2, 0.25) is 0 Å². The lowest BCUT2D eigenvalue weighted by molar-refractivity contribution is 0.427. The molecule has 216 valence electrons. The Morgan fingerprint density at radius 2 is 1.20 bits per heavy atom. The summed E-state index contributed by atoms with van der Waals surface area (Å²) in [6, 6.07) is 16.1. The lowest BCUT2D eigenvalue weighted by Crippen LogP contribution is -2.28. The SMILES string of the molecule is [C-]#[N+]C1=C(C)N(CC)C(C)=C(C#N)C1c1ccc(F)c(C#N)c1.[C-]#[N+]C1=C(C)NC(C)=C(C#N)C1c1ccc(F)c(C#N)c1. The second kappa shape index (κ2) is 13.6. The van der Waals surface area contributed by atoms with Crippen molar-refractivity contribution >= 4 is 0 Å². The van der Waals surface area contributed by atoms with Crippen LogP contribution in [0.25, 0.3) is 9.69 Å². The number of nitrogens with zero attached hydrogens (tertiary/aromatic N) is 7. The van der Waals surface area contributed by atoms with E-state index in [2.05, 4.69) is 27.1 Å². The van der Waals surface area contributed by atoms with Crippen LogP contribution in [-0.2, 0) is 0 Å². The fourth-order valence-electron chi connectivity index (χ4n) is 5.40. The molecule has 2 aliphatic rings. The van der Waals surface area contributed by atoms with Crippen LogP contribution in [0.4, 0.5) is 8.78 Å². The summed E-state index contributed by atoms with van der Waals surface area (Å²) in [6.07, 6.45) is 0. The van der Waals surface area contributed by atoms with Crippen molar-refractivity contribution in [2.24, 2.45) is 0 Å². The summed E-state index contributed by atoms with van der Waals surface area (Å²) in [7, 11) is 0. The molecule has 0 saturated heterocycles. The second-order valence-electron chi connectivity index (χ2n) is 9.90. The maximum absolute atomic E-state index is 13.6. The quantitative estimate of drug-likeness (QED) is 0.376. The number of allylic oxidation sites excluding steroid dienone is 6. The van der Waals surface area contributed by atoms with E-state index in [9.17, 15) is 19.3 Å². The molecule has 2 aromatic rings. The van der Waals surface area contributed by atoms with Gasteiger partial charge in [-0.1, -0.05) is 12.1 Å². The first-order valence-electron chi connectivity index (χ1n) is 13.3. The molecule has 0 fully saturated rings. The first kappa shape index (κ1) is 32.3. The van der Waals surface area contributed by atoms with Gasteiger partial charge < -0.3 is 10.2 Å². The van der Waals surface area contributed by atoms with E-state index in [0.29, 0.717) is 51.6 Å². The number of benzene rings is 2. The Hall–Kier alpha value is -6.20. The van der Waals surface area contributed by atoms with E-state index >= 15 is 0 Å². The molecular weight excluding hydrogens is 558 g/mol. The standard InChI is InChI=1S/C18H15FN4.C16H11FN4/c1-5-23-11(2)15(10-21)17(18(22-4)12(23)3)13-6-7-16(19)14(8-13)9-20;1-9-13(8-19)15(16(20-3)10(2)21-9)11-4-5-14(17)12(6-11)7-18/h6-8,17H,5H2,1-3H3;4-6,15,21H,1-2H3. The van der Waals surface area contributed by atoms with Gasteiger partial charge in [0.25, 0.3) is 0 Å². The van der Waals surface area contributed by atoms with Crippen LogP contribution in [0, 0.1) is 70.1 Å². The molecule has 44 heavy (non-hydrogen) atoms. The van der Waals surface area contributed by atoms with Crippen molar-refractivity contribution in [3.05, 3.63) is 138 Å². The van der Waals surface area contributed by atoms with Crippen LogP contribution < -0.4 is 5.32 Å². The lowest BCUT2D eigenvalue weighted by atomic mass is 9.83. The molecule has 2 unspecified atom stereocenters. The van der Waals surface area contributed by atoms with Gasteiger partial charge in [-0.15, -0.1) is 0 Å². The Labute approximate surface area is 255 Å². The normalized spacial score (nSPS) is 17.6. The highest BCUT2D eigenvalue weighted by molar-refractivity contribution is 5.55. The van der Waals surface area contributed by atoms with Crippen molar-refractivity contribution in [3.8, 4) is 24.3 Å². The van der Waals surface area contributed by atoms with Crippen molar-refractivity contribution in [2.75, 3.05) is 6.54 Å². The molecule has 0 saturated carbocycles. The smallest absolute Gasteiger partial charge is 0.196 e. The topological polar surface area (TPSA) is 119 Å². The number of halogens is 2. The van der Waals surface area contributed by atoms with Gasteiger partial charge in [-0.05, 0) is 70.0 Å². The second-order valence-corrected chi connectivity index (χ2v) is 9.90. The highest BCUT2D eigenvalue weighted by atomic mass is 19.1. The first-order valence-corrected chi connectivity index (χ1v) is 13.3. The van der Waals surface area contributed by atoms with Gasteiger partial charge in [-0.2, -0.15) is 21.0 Å². The first-order chi connectivity index (χ1) is 21.0. The Balaban J connectivity index is 0.000000241. The fourth-order valence-corrected chi connectivity index (χ4v) is 5.40. The third-order valence-corrected chi connectivity index (χ3v) is 7.54. The van der Waals surface area contributed by atoms with Gasteiger partial charge in [0.05, 0.1) is 59.4 Å². The molecule has 0 bridgehead atoms. The zero-order valence-corrected chi connectivity index (χ0v) is 24.7. The zero-order chi connectivity index (χ0) is 32.7. The van der Waals surface area contributed by atoms with E-state index in [1.54, 1.807) is 26.0 Å². The molecule has 4 rings (SSSR count). The highest BCUT2D eigenvalue weighted by Gasteiger charge is 2.33. The minimum atomic E-state index is -0.612. The van der Waals surface area contributed by atoms with Crippen molar-refractivity contribution in [2.45, 2.75) is 46.5 Å². The van der Waals surface area contributed by atoms with Gasteiger partial charge in [0.1, 0.15) is 23.8 Å². The summed E-state index contributed by atoms with van der Waals surface area (Å²) >= 11 is 0. The third-order valence-electron chi connectivity index (χ3n) is 7.54. The van der Waals surface area contributed by atoms with Gasteiger partial charge in [-0.3, -0.25) is 0 Å². The third kappa shape index (κ3) is 5.89. The van der Waals surface area contributed by atoms with E-state index in [1.807, 2.05) is 25.7 Å². The highest BCUT2D eigenvalue weighted by Crippen LogP contribution is 2.42. The lowest BCUT2D eigenvalue weighted by Gasteiger charge is -2.35. The summed E-state index contributed by atoms with van der Waals surface area (Å²) in [5.74, 6) is -2.35. The van der Waals surface area contributed by atoms with Crippen LogP contribution in [-0.4, -0.2) is 11.4 Å². The van der Waals surface area contributed by atoms with Gasteiger partial charge >= 0.3 is 0 Å². The minimum Gasteiger partial charge on any atom is -0.372 e. The number of hydrogen-bond donors (Lipinski definition) is 1. The molecule has 0 aromatic heterocycles. The maximum atomic E-state index is 13.6. The summed E-state index contributed by atoms with van der Waals surface area (Å²) in [4.78, 5) is 9.05. The molecule has 8 nitrogen and oxygen atoms in total. The predicted molar refractivity (Wildman–Crippen MR) is 158 cm³/mol. The van der Waals surface area contributed by atoms with Crippen LogP contribution in [0.3, 0.4) is 0 Å². The molecular formula is C34H26F2N8. The van der Waals surface area contributed by atoms with E-state index < -0.39 is 23.5 Å². The van der Waals surface area contributed by atoms with Gasteiger partial charge in [-0.25, -0.2) is 18.5 Å². The Morgan fingerprint density at radius 1 is 0.727 bits per heavy atom. The fraction of sp³-hybridized carbons (Fsp3) is 0.235.